The minimum absolute atomic E-state index is 0.0770. The number of anilines is 1. The standard InChI is InChI=1S/C18H18N2O4S2/c1-20(9-12-6-7-25-11-12)16(21)10-24-17(22)8-15-18(23)19-13-4-2-3-5-14(13)26-15/h2-7,11,15H,8-10H2,1H3,(H,19,23). The maximum atomic E-state index is 12.1. The van der Waals surface area contributed by atoms with Crippen molar-refractivity contribution in [2.75, 3.05) is 19.0 Å². The van der Waals surface area contributed by atoms with Gasteiger partial charge in [0, 0.05) is 18.5 Å². The molecule has 1 aromatic heterocycles. The van der Waals surface area contributed by atoms with E-state index < -0.39 is 11.2 Å². The molecule has 2 heterocycles. The Morgan fingerprint density at radius 2 is 2.08 bits per heavy atom. The predicted octanol–water partition coefficient (Wildman–Crippen LogP) is 2.75. The molecule has 0 bridgehead atoms. The molecule has 136 valence electrons. The lowest BCUT2D eigenvalue weighted by Crippen LogP contribution is -2.33. The minimum Gasteiger partial charge on any atom is -0.456 e. The van der Waals surface area contributed by atoms with Gasteiger partial charge in [0.2, 0.25) is 5.91 Å². The van der Waals surface area contributed by atoms with Crippen molar-refractivity contribution in [1.82, 2.24) is 4.90 Å². The number of rotatable bonds is 6. The van der Waals surface area contributed by atoms with Crippen LogP contribution in [0.25, 0.3) is 0 Å². The SMILES string of the molecule is CN(Cc1ccsc1)C(=O)COC(=O)CC1Sc2ccccc2NC1=O. The highest BCUT2D eigenvalue weighted by Crippen LogP contribution is 2.36. The van der Waals surface area contributed by atoms with E-state index in [4.69, 9.17) is 4.74 Å². The van der Waals surface area contributed by atoms with Crippen molar-refractivity contribution in [2.45, 2.75) is 23.1 Å². The molecule has 1 N–H and O–H groups in total. The molecule has 2 aromatic rings. The van der Waals surface area contributed by atoms with Crippen LogP contribution in [-0.4, -0.2) is 41.6 Å². The van der Waals surface area contributed by atoms with Crippen molar-refractivity contribution in [1.29, 1.82) is 0 Å². The third-order valence-corrected chi connectivity index (χ3v) is 5.85. The van der Waals surface area contributed by atoms with Crippen LogP contribution in [0.4, 0.5) is 5.69 Å². The first kappa shape index (κ1) is 18.5. The zero-order valence-electron chi connectivity index (χ0n) is 14.1. The Bertz CT molecular complexity index is 807. The molecular weight excluding hydrogens is 372 g/mol. The molecule has 8 heteroatoms. The van der Waals surface area contributed by atoms with Gasteiger partial charge in [-0.3, -0.25) is 14.4 Å². The second-order valence-electron chi connectivity index (χ2n) is 5.84. The molecule has 0 saturated carbocycles. The number of nitrogens with one attached hydrogen (secondary N) is 1. The maximum Gasteiger partial charge on any atom is 0.307 e. The molecule has 0 radical (unpaired) electrons. The van der Waals surface area contributed by atoms with Gasteiger partial charge in [0.15, 0.2) is 6.61 Å². The fraction of sp³-hybridized carbons (Fsp3) is 0.278. The number of nitrogens with zero attached hydrogens (tertiary/aromatic N) is 1. The van der Waals surface area contributed by atoms with Crippen molar-refractivity contribution >= 4 is 46.6 Å². The highest BCUT2D eigenvalue weighted by molar-refractivity contribution is 8.01. The number of benzene rings is 1. The summed E-state index contributed by atoms with van der Waals surface area (Å²) in [5.41, 5.74) is 1.78. The molecule has 3 rings (SSSR count). The van der Waals surface area contributed by atoms with Crippen molar-refractivity contribution in [2.24, 2.45) is 0 Å². The number of carbonyl (C=O) groups is 3. The van der Waals surface area contributed by atoms with Gasteiger partial charge in [-0.05, 0) is 34.5 Å². The predicted molar refractivity (Wildman–Crippen MR) is 101 cm³/mol. The van der Waals surface area contributed by atoms with Gasteiger partial charge in [0.25, 0.3) is 5.91 Å². The average molecular weight is 390 g/mol. The number of hydrogen-bond acceptors (Lipinski definition) is 6. The number of carbonyl (C=O) groups excluding carboxylic acids is 3. The molecule has 1 aliphatic rings. The molecular formula is C18H18N2O4S2. The lowest BCUT2D eigenvalue weighted by molar-refractivity contribution is -0.152. The van der Waals surface area contributed by atoms with Gasteiger partial charge in [-0.25, -0.2) is 0 Å². The topological polar surface area (TPSA) is 75.7 Å². The quantitative estimate of drug-likeness (QED) is 0.768. The summed E-state index contributed by atoms with van der Waals surface area (Å²) in [6, 6.07) is 9.36. The molecule has 6 nitrogen and oxygen atoms in total. The summed E-state index contributed by atoms with van der Waals surface area (Å²) in [4.78, 5) is 38.6. The van der Waals surface area contributed by atoms with Crippen LogP contribution in [0.15, 0.2) is 46.0 Å². The molecule has 1 aliphatic heterocycles. The van der Waals surface area contributed by atoms with Gasteiger partial charge in [-0.1, -0.05) is 12.1 Å². The number of thioether (sulfide) groups is 1. The number of thiophene rings is 1. The Kier molecular flexibility index (Phi) is 5.95. The van der Waals surface area contributed by atoms with E-state index in [1.807, 2.05) is 41.1 Å². The van der Waals surface area contributed by atoms with Gasteiger partial charge in [0.1, 0.15) is 0 Å². The summed E-state index contributed by atoms with van der Waals surface area (Å²) in [6.07, 6.45) is -0.0770. The number of esters is 1. The second kappa shape index (κ2) is 8.37. The van der Waals surface area contributed by atoms with E-state index in [0.717, 1.165) is 16.1 Å². The third kappa shape index (κ3) is 4.64. The highest BCUT2D eigenvalue weighted by atomic mass is 32.2. The highest BCUT2D eigenvalue weighted by Gasteiger charge is 2.29. The molecule has 2 amide bonds. The Morgan fingerprint density at radius 3 is 2.85 bits per heavy atom. The average Bonchev–Trinajstić information content (AvgIpc) is 3.13. The monoisotopic (exact) mass is 390 g/mol. The fourth-order valence-electron chi connectivity index (χ4n) is 2.43. The summed E-state index contributed by atoms with van der Waals surface area (Å²) < 4.78 is 5.06. The van der Waals surface area contributed by atoms with E-state index in [1.54, 1.807) is 18.4 Å². The summed E-state index contributed by atoms with van der Waals surface area (Å²) >= 11 is 2.89. The summed E-state index contributed by atoms with van der Waals surface area (Å²) in [7, 11) is 1.66. The number of likely N-dealkylation sites (N-methyl/N-ethyl adjacent to an activating group) is 1. The van der Waals surface area contributed by atoms with Gasteiger partial charge in [-0.2, -0.15) is 11.3 Å². The molecule has 1 atom stereocenters. The molecule has 0 fully saturated rings. The van der Waals surface area contributed by atoms with Gasteiger partial charge in [-0.15, -0.1) is 11.8 Å². The maximum absolute atomic E-state index is 12.1. The third-order valence-electron chi connectivity index (χ3n) is 3.84. The first-order chi connectivity index (χ1) is 12.5. The van der Waals surface area contributed by atoms with Crippen LogP contribution in [-0.2, 0) is 25.7 Å². The van der Waals surface area contributed by atoms with Crippen molar-refractivity contribution in [3.8, 4) is 0 Å². The van der Waals surface area contributed by atoms with Crippen LogP contribution in [0.2, 0.25) is 0 Å². The van der Waals surface area contributed by atoms with E-state index in [1.165, 1.54) is 16.7 Å². The summed E-state index contributed by atoms with van der Waals surface area (Å²) in [5, 5.41) is 6.13. The van der Waals surface area contributed by atoms with Crippen molar-refractivity contribution < 1.29 is 19.1 Å². The minimum atomic E-state index is -0.561. The van der Waals surface area contributed by atoms with Crippen LogP contribution in [0.5, 0.6) is 0 Å². The van der Waals surface area contributed by atoms with Crippen LogP contribution in [0.3, 0.4) is 0 Å². The first-order valence-electron chi connectivity index (χ1n) is 8.00. The van der Waals surface area contributed by atoms with E-state index in [0.29, 0.717) is 6.54 Å². The largest absolute Gasteiger partial charge is 0.456 e. The smallest absolute Gasteiger partial charge is 0.307 e. The molecule has 1 aromatic carbocycles. The Labute approximate surface area is 159 Å². The lowest BCUT2D eigenvalue weighted by atomic mass is 10.2. The molecule has 0 spiro atoms. The lowest BCUT2D eigenvalue weighted by Gasteiger charge is -2.23. The number of hydrogen-bond donors (Lipinski definition) is 1. The molecule has 0 aliphatic carbocycles. The van der Waals surface area contributed by atoms with Crippen molar-refractivity contribution in [3.05, 3.63) is 46.7 Å². The van der Waals surface area contributed by atoms with E-state index >= 15 is 0 Å². The first-order valence-corrected chi connectivity index (χ1v) is 9.82. The van der Waals surface area contributed by atoms with E-state index in [9.17, 15) is 14.4 Å². The van der Waals surface area contributed by atoms with Crippen LogP contribution in [0, 0.1) is 0 Å². The van der Waals surface area contributed by atoms with E-state index in [2.05, 4.69) is 5.32 Å². The number of amides is 2. The number of fused-ring (bicyclic) bond motifs is 1. The van der Waals surface area contributed by atoms with Crippen LogP contribution >= 0.6 is 23.1 Å². The van der Waals surface area contributed by atoms with Crippen LogP contribution < -0.4 is 5.32 Å². The molecule has 1 unspecified atom stereocenters. The van der Waals surface area contributed by atoms with Gasteiger partial charge < -0.3 is 15.0 Å². The number of para-hydroxylation sites is 1. The summed E-state index contributed by atoms with van der Waals surface area (Å²) in [5.74, 6) is -1.07. The summed E-state index contributed by atoms with van der Waals surface area (Å²) in [6.45, 7) is 0.145. The Morgan fingerprint density at radius 1 is 1.27 bits per heavy atom. The fourth-order valence-corrected chi connectivity index (χ4v) is 4.19. The Hall–Kier alpha value is -2.32. The van der Waals surface area contributed by atoms with E-state index in [-0.39, 0.29) is 24.8 Å². The van der Waals surface area contributed by atoms with Gasteiger partial charge in [0.05, 0.1) is 17.4 Å². The van der Waals surface area contributed by atoms with Gasteiger partial charge >= 0.3 is 5.97 Å². The van der Waals surface area contributed by atoms with Crippen molar-refractivity contribution in [3.63, 3.8) is 0 Å². The Balaban J connectivity index is 1.47. The normalized spacial score (nSPS) is 15.7. The molecule has 26 heavy (non-hydrogen) atoms. The zero-order valence-corrected chi connectivity index (χ0v) is 15.8. The number of ether oxygens (including phenoxy) is 1. The zero-order chi connectivity index (χ0) is 18.5. The second-order valence-corrected chi connectivity index (χ2v) is 7.86. The van der Waals surface area contributed by atoms with Crippen LogP contribution in [0.1, 0.15) is 12.0 Å². The molecule has 0 saturated heterocycles.